The first-order valence-electron chi connectivity index (χ1n) is 9.81. The van der Waals surface area contributed by atoms with Crippen molar-refractivity contribution in [2.75, 3.05) is 15.6 Å². The van der Waals surface area contributed by atoms with Crippen LogP contribution in [0.3, 0.4) is 0 Å². The lowest BCUT2D eigenvalue weighted by Crippen LogP contribution is -2.49. The first-order chi connectivity index (χ1) is 14.9. The topological polar surface area (TPSA) is 40.6 Å². The van der Waals surface area contributed by atoms with Crippen LogP contribution in [0.5, 0.6) is 0 Å². The average Bonchev–Trinajstić information content (AvgIpc) is 3.23. The van der Waals surface area contributed by atoms with Gasteiger partial charge >= 0.3 is 0 Å². The maximum atomic E-state index is 14.4. The lowest BCUT2D eigenvalue weighted by molar-refractivity contribution is -0.123. The standard InChI is InChI=1S/C24H18ClFN2O2S/c1-15-6-11-18(12-20(15)26)28-22(29)14-31-24(28)19-4-2-3-5-21(19)27(23(24)30)13-16-7-9-17(25)10-8-16/h2-12H,13-14H2,1H3/t24-/m0/s1. The van der Waals surface area contributed by atoms with Gasteiger partial charge in [-0.2, -0.15) is 0 Å². The quantitative estimate of drug-likeness (QED) is 0.543. The maximum Gasteiger partial charge on any atom is 0.269 e. The van der Waals surface area contributed by atoms with Crippen LogP contribution in [0.15, 0.2) is 66.7 Å². The summed E-state index contributed by atoms with van der Waals surface area (Å²) in [6, 6.07) is 19.5. The molecule has 5 rings (SSSR count). The molecule has 2 heterocycles. The van der Waals surface area contributed by atoms with E-state index >= 15 is 0 Å². The largest absolute Gasteiger partial charge is 0.304 e. The second-order valence-electron chi connectivity index (χ2n) is 7.63. The lowest BCUT2D eigenvalue weighted by atomic mass is 10.0. The van der Waals surface area contributed by atoms with E-state index in [9.17, 15) is 14.0 Å². The monoisotopic (exact) mass is 452 g/mol. The molecule has 0 N–H and O–H groups in total. The van der Waals surface area contributed by atoms with E-state index in [1.54, 1.807) is 36.1 Å². The molecular weight excluding hydrogens is 435 g/mol. The Morgan fingerprint density at radius 1 is 1.06 bits per heavy atom. The summed E-state index contributed by atoms with van der Waals surface area (Å²) in [5.74, 6) is -0.691. The highest BCUT2D eigenvalue weighted by molar-refractivity contribution is 8.02. The zero-order valence-electron chi connectivity index (χ0n) is 16.6. The van der Waals surface area contributed by atoms with E-state index in [1.165, 1.54) is 22.7 Å². The van der Waals surface area contributed by atoms with Gasteiger partial charge in [0.15, 0.2) is 0 Å². The third kappa shape index (κ3) is 3.05. The van der Waals surface area contributed by atoms with Crippen molar-refractivity contribution >= 4 is 46.6 Å². The van der Waals surface area contributed by atoms with E-state index in [0.29, 0.717) is 22.8 Å². The third-order valence-electron chi connectivity index (χ3n) is 5.73. The van der Waals surface area contributed by atoms with Gasteiger partial charge in [0, 0.05) is 16.3 Å². The number of anilines is 2. The maximum absolute atomic E-state index is 14.4. The van der Waals surface area contributed by atoms with Crippen molar-refractivity contribution in [1.82, 2.24) is 0 Å². The lowest BCUT2D eigenvalue weighted by Gasteiger charge is -2.33. The summed E-state index contributed by atoms with van der Waals surface area (Å²) in [4.78, 5) is 28.8. The van der Waals surface area contributed by atoms with Crippen LogP contribution in [0.25, 0.3) is 0 Å². The minimum absolute atomic E-state index is 0.143. The van der Waals surface area contributed by atoms with Gasteiger partial charge in [-0.1, -0.05) is 48.0 Å². The fourth-order valence-corrected chi connectivity index (χ4v) is 5.69. The molecule has 1 saturated heterocycles. The molecule has 2 aliphatic heterocycles. The molecule has 2 aliphatic rings. The number of fused-ring (bicyclic) bond motifs is 2. The summed E-state index contributed by atoms with van der Waals surface area (Å²) in [6.07, 6.45) is 0. The van der Waals surface area contributed by atoms with E-state index in [2.05, 4.69) is 0 Å². The molecule has 1 fully saturated rings. The molecule has 0 radical (unpaired) electrons. The van der Waals surface area contributed by atoms with Gasteiger partial charge in [-0.3, -0.25) is 14.5 Å². The summed E-state index contributed by atoms with van der Waals surface area (Å²) < 4.78 is 14.4. The van der Waals surface area contributed by atoms with Crippen LogP contribution in [0.1, 0.15) is 16.7 Å². The molecule has 3 aromatic rings. The Morgan fingerprint density at radius 3 is 2.55 bits per heavy atom. The zero-order valence-corrected chi connectivity index (χ0v) is 18.2. The number of hydrogen-bond donors (Lipinski definition) is 0. The summed E-state index contributed by atoms with van der Waals surface area (Å²) in [6.45, 7) is 2.01. The van der Waals surface area contributed by atoms with Gasteiger partial charge in [-0.15, -0.1) is 11.8 Å². The molecule has 3 aromatic carbocycles. The molecule has 4 nitrogen and oxygen atoms in total. The van der Waals surface area contributed by atoms with E-state index in [4.69, 9.17) is 11.6 Å². The SMILES string of the molecule is Cc1ccc(N2C(=O)CS[C@@]23C(=O)N(Cc2ccc(Cl)cc2)c2ccccc23)cc1F. The zero-order chi connectivity index (χ0) is 21.8. The molecule has 0 bridgehead atoms. The third-order valence-corrected chi connectivity index (χ3v) is 7.37. The Morgan fingerprint density at radius 2 is 1.81 bits per heavy atom. The van der Waals surface area contributed by atoms with Crippen LogP contribution >= 0.6 is 23.4 Å². The Labute approximate surface area is 188 Å². The number of carbonyl (C=O) groups excluding carboxylic acids is 2. The molecule has 2 amide bonds. The number of thioether (sulfide) groups is 1. The highest BCUT2D eigenvalue weighted by Crippen LogP contribution is 2.56. The van der Waals surface area contributed by atoms with Crippen molar-refractivity contribution in [3.05, 3.63) is 94.3 Å². The van der Waals surface area contributed by atoms with Crippen LogP contribution in [0.2, 0.25) is 5.02 Å². The van der Waals surface area contributed by atoms with Gasteiger partial charge in [-0.25, -0.2) is 4.39 Å². The van der Waals surface area contributed by atoms with Gasteiger partial charge in [0.1, 0.15) is 5.82 Å². The van der Waals surface area contributed by atoms with Gasteiger partial charge in [-0.05, 0) is 48.4 Å². The van der Waals surface area contributed by atoms with Gasteiger partial charge in [0.2, 0.25) is 10.8 Å². The summed E-state index contributed by atoms with van der Waals surface area (Å²) in [7, 11) is 0. The number of carbonyl (C=O) groups is 2. The highest BCUT2D eigenvalue weighted by atomic mass is 35.5. The van der Waals surface area contributed by atoms with Gasteiger partial charge < -0.3 is 4.90 Å². The number of benzene rings is 3. The van der Waals surface area contributed by atoms with Crippen LogP contribution < -0.4 is 9.80 Å². The van der Waals surface area contributed by atoms with E-state index in [0.717, 1.165) is 16.8 Å². The smallest absolute Gasteiger partial charge is 0.269 e. The fraction of sp³-hybridized carbons (Fsp3) is 0.167. The molecular formula is C24H18ClFN2O2S. The van der Waals surface area contributed by atoms with Crippen molar-refractivity contribution in [2.24, 2.45) is 0 Å². The van der Waals surface area contributed by atoms with Crippen LogP contribution in [-0.4, -0.2) is 17.6 Å². The Bertz CT molecular complexity index is 1220. The van der Waals surface area contributed by atoms with E-state index < -0.39 is 10.7 Å². The predicted octanol–water partition coefficient (Wildman–Crippen LogP) is 5.27. The second-order valence-corrected chi connectivity index (χ2v) is 9.23. The van der Waals surface area contributed by atoms with Crippen molar-refractivity contribution in [3.8, 4) is 0 Å². The van der Waals surface area contributed by atoms with Crippen LogP contribution in [0, 0.1) is 12.7 Å². The number of para-hydroxylation sites is 1. The molecule has 156 valence electrons. The first kappa shape index (κ1) is 20.1. The minimum atomic E-state index is -1.25. The number of amides is 2. The molecule has 1 atom stereocenters. The Hall–Kier alpha value is -2.83. The predicted molar refractivity (Wildman–Crippen MR) is 122 cm³/mol. The van der Waals surface area contributed by atoms with Crippen molar-refractivity contribution in [1.29, 1.82) is 0 Å². The van der Waals surface area contributed by atoms with E-state index in [1.807, 2.05) is 36.4 Å². The molecule has 7 heteroatoms. The van der Waals surface area contributed by atoms with Crippen LogP contribution in [-0.2, 0) is 21.0 Å². The van der Waals surface area contributed by atoms with Crippen molar-refractivity contribution in [3.63, 3.8) is 0 Å². The molecule has 31 heavy (non-hydrogen) atoms. The molecule has 0 saturated carbocycles. The average molecular weight is 453 g/mol. The normalized spacial score (nSPS) is 20.1. The first-order valence-corrected chi connectivity index (χ1v) is 11.2. The number of halogens is 2. The minimum Gasteiger partial charge on any atom is -0.304 e. The van der Waals surface area contributed by atoms with Gasteiger partial charge in [0.25, 0.3) is 5.91 Å². The fourth-order valence-electron chi connectivity index (χ4n) is 4.21. The summed E-state index contributed by atoms with van der Waals surface area (Å²) in [5, 5.41) is 0.623. The Balaban J connectivity index is 1.63. The van der Waals surface area contributed by atoms with Crippen molar-refractivity contribution < 1.29 is 14.0 Å². The molecule has 0 aromatic heterocycles. The number of nitrogens with zero attached hydrogens (tertiary/aromatic N) is 2. The second kappa shape index (κ2) is 7.39. The van der Waals surface area contributed by atoms with Gasteiger partial charge in [0.05, 0.1) is 18.0 Å². The highest BCUT2D eigenvalue weighted by Gasteiger charge is 2.60. The van der Waals surface area contributed by atoms with Crippen molar-refractivity contribution in [2.45, 2.75) is 18.3 Å². The molecule has 1 spiro atoms. The number of aryl methyl sites for hydroxylation is 1. The molecule has 0 unspecified atom stereocenters. The molecule has 0 aliphatic carbocycles. The number of hydrogen-bond acceptors (Lipinski definition) is 3. The Kier molecular flexibility index (Phi) is 4.79. The van der Waals surface area contributed by atoms with Crippen LogP contribution in [0.4, 0.5) is 15.8 Å². The number of rotatable bonds is 3. The summed E-state index contributed by atoms with van der Waals surface area (Å²) >= 11 is 7.29. The summed E-state index contributed by atoms with van der Waals surface area (Å²) in [5.41, 5.74) is 3.29. The van der Waals surface area contributed by atoms with E-state index in [-0.39, 0.29) is 17.6 Å².